The van der Waals surface area contributed by atoms with E-state index in [4.69, 9.17) is 9.47 Å². The lowest BCUT2D eigenvalue weighted by molar-refractivity contribution is -0.132. The molecule has 1 atom stereocenters. The number of thiazole rings is 1. The smallest absolute Gasteiger partial charge is 0.301 e. The molecule has 1 amide bonds. The predicted octanol–water partition coefficient (Wildman–Crippen LogP) is 5.59. The summed E-state index contributed by atoms with van der Waals surface area (Å²) in [4.78, 5) is 38.1. The fraction of sp³-hybridized carbons (Fsp3) is 0.200. The summed E-state index contributed by atoms with van der Waals surface area (Å²) in [6.07, 6.45) is 1.85. The maximum absolute atomic E-state index is 13.7. The van der Waals surface area contributed by atoms with Crippen LogP contribution in [-0.2, 0) is 9.59 Å². The van der Waals surface area contributed by atoms with Crippen molar-refractivity contribution in [2.45, 2.75) is 26.8 Å². The van der Waals surface area contributed by atoms with E-state index in [0.29, 0.717) is 45.7 Å². The van der Waals surface area contributed by atoms with Gasteiger partial charge in [-0.15, -0.1) is 0 Å². The lowest BCUT2D eigenvalue weighted by Crippen LogP contribution is -2.29. The topological polar surface area (TPSA) is 106 Å². The molecule has 4 heterocycles. The zero-order valence-electron chi connectivity index (χ0n) is 22.3. The monoisotopic (exact) mass is 554 g/mol. The minimum Gasteiger partial charge on any atom is -0.505 e. The molecule has 6 rings (SSSR count). The lowest BCUT2D eigenvalue weighted by atomic mass is 9.96. The van der Waals surface area contributed by atoms with Gasteiger partial charge in [0.2, 0.25) is 0 Å². The van der Waals surface area contributed by atoms with Crippen LogP contribution in [0.5, 0.6) is 11.5 Å². The molecule has 10 heteroatoms. The number of ether oxygens (including phenoxy) is 2. The van der Waals surface area contributed by atoms with Gasteiger partial charge in [-0.25, -0.2) is 9.97 Å². The SMILES string of the molecule is CCOc1cccc(C2C(=C(O)c3nc4c(C)cccn4c3C)C(=O)C(=O)N2c2nc3ccc(OC)cc3s2)c1. The highest BCUT2D eigenvalue weighted by atomic mass is 32.1. The number of aromatic nitrogens is 3. The normalized spacial score (nSPS) is 16.8. The number of Topliss-reactive ketones (excluding diaryl/α,β-unsaturated/α-hetero) is 1. The van der Waals surface area contributed by atoms with Crippen LogP contribution in [0.1, 0.15) is 35.5 Å². The van der Waals surface area contributed by atoms with Crippen molar-refractivity contribution in [3.63, 3.8) is 0 Å². The maximum atomic E-state index is 13.7. The number of anilines is 1. The highest BCUT2D eigenvalue weighted by Gasteiger charge is 2.48. The van der Waals surface area contributed by atoms with Crippen LogP contribution in [0.3, 0.4) is 0 Å². The highest BCUT2D eigenvalue weighted by molar-refractivity contribution is 7.22. The number of hydrogen-bond acceptors (Lipinski definition) is 8. The molecule has 1 N–H and O–H groups in total. The number of amides is 1. The first-order valence-corrected chi connectivity index (χ1v) is 13.6. The van der Waals surface area contributed by atoms with Crippen molar-refractivity contribution in [1.82, 2.24) is 14.4 Å². The number of ketones is 1. The summed E-state index contributed by atoms with van der Waals surface area (Å²) in [5.41, 5.74) is 3.67. The van der Waals surface area contributed by atoms with E-state index in [1.165, 1.54) is 16.2 Å². The van der Waals surface area contributed by atoms with Crippen molar-refractivity contribution in [3.05, 3.63) is 88.9 Å². The van der Waals surface area contributed by atoms with Gasteiger partial charge in [0.1, 0.15) is 22.8 Å². The van der Waals surface area contributed by atoms with Gasteiger partial charge in [0.15, 0.2) is 10.9 Å². The average Bonchev–Trinajstić information content (AvgIpc) is 3.61. The fourth-order valence-electron chi connectivity index (χ4n) is 5.08. The van der Waals surface area contributed by atoms with Crippen molar-refractivity contribution in [2.24, 2.45) is 0 Å². The molecular weight excluding hydrogens is 528 g/mol. The van der Waals surface area contributed by atoms with Crippen LogP contribution in [0.2, 0.25) is 0 Å². The summed E-state index contributed by atoms with van der Waals surface area (Å²) < 4.78 is 13.7. The molecule has 1 fully saturated rings. The molecule has 9 nitrogen and oxygen atoms in total. The number of methoxy groups -OCH3 is 1. The van der Waals surface area contributed by atoms with Crippen molar-refractivity contribution in [2.75, 3.05) is 18.6 Å². The Kier molecular flexibility index (Phi) is 6.26. The summed E-state index contributed by atoms with van der Waals surface area (Å²) >= 11 is 1.27. The van der Waals surface area contributed by atoms with E-state index >= 15 is 0 Å². The number of pyridine rings is 1. The Bertz CT molecular complexity index is 1850. The summed E-state index contributed by atoms with van der Waals surface area (Å²) in [5, 5.41) is 12.0. The van der Waals surface area contributed by atoms with Crippen LogP contribution in [-0.4, -0.2) is 44.9 Å². The standard InChI is InChI=1S/C30H26N4O5S/c1-5-39-20-10-6-9-18(14-20)25-23(26(35)24-17(3)33-13-7-8-16(2)28(33)32-24)27(36)29(37)34(25)30-31-21-12-11-19(38-4)15-22(21)40-30/h6-15,25,35H,5H2,1-4H3. The van der Waals surface area contributed by atoms with Crippen LogP contribution < -0.4 is 14.4 Å². The Morgan fingerprint density at radius 3 is 2.62 bits per heavy atom. The van der Waals surface area contributed by atoms with E-state index in [0.717, 1.165) is 10.3 Å². The van der Waals surface area contributed by atoms with Gasteiger partial charge in [-0.05, 0) is 68.3 Å². The second-order valence-electron chi connectivity index (χ2n) is 9.44. The van der Waals surface area contributed by atoms with Gasteiger partial charge in [0, 0.05) is 6.20 Å². The number of aliphatic hydroxyl groups is 1. The second kappa shape index (κ2) is 9.80. The third-order valence-electron chi connectivity index (χ3n) is 7.03. The number of aryl methyl sites for hydroxylation is 2. The Hall–Kier alpha value is -4.70. The molecule has 0 radical (unpaired) electrons. The molecule has 0 bridgehead atoms. The molecule has 0 spiro atoms. The molecule has 2 aromatic carbocycles. The zero-order valence-corrected chi connectivity index (χ0v) is 23.2. The predicted molar refractivity (Wildman–Crippen MR) is 153 cm³/mol. The number of hydrogen-bond donors (Lipinski definition) is 1. The molecule has 1 unspecified atom stereocenters. The first-order chi connectivity index (χ1) is 19.3. The summed E-state index contributed by atoms with van der Waals surface area (Å²) in [6, 6.07) is 15.5. The van der Waals surface area contributed by atoms with E-state index in [1.807, 2.05) is 49.6 Å². The quantitative estimate of drug-likeness (QED) is 0.166. The zero-order chi connectivity index (χ0) is 28.1. The molecule has 5 aromatic rings. The molecule has 1 saturated heterocycles. The molecule has 3 aromatic heterocycles. The minimum absolute atomic E-state index is 0.0559. The fourth-order valence-corrected chi connectivity index (χ4v) is 6.10. The summed E-state index contributed by atoms with van der Waals surface area (Å²) in [5.74, 6) is -0.690. The molecular formula is C30H26N4O5S. The third kappa shape index (κ3) is 3.99. The number of carbonyl (C=O) groups excluding carboxylic acids is 2. The van der Waals surface area contributed by atoms with E-state index in [9.17, 15) is 14.7 Å². The molecule has 40 heavy (non-hydrogen) atoms. The molecule has 1 aliphatic rings. The highest BCUT2D eigenvalue weighted by Crippen LogP contribution is 2.45. The Morgan fingerprint density at radius 1 is 1.05 bits per heavy atom. The van der Waals surface area contributed by atoms with Crippen LogP contribution in [0, 0.1) is 13.8 Å². The maximum Gasteiger partial charge on any atom is 0.301 e. The number of carbonyl (C=O) groups is 2. The van der Waals surface area contributed by atoms with Crippen molar-refractivity contribution < 1.29 is 24.2 Å². The molecule has 0 saturated carbocycles. The van der Waals surface area contributed by atoms with Crippen molar-refractivity contribution in [3.8, 4) is 11.5 Å². The lowest BCUT2D eigenvalue weighted by Gasteiger charge is -2.23. The number of benzene rings is 2. The molecule has 1 aliphatic heterocycles. The van der Waals surface area contributed by atoms with Gasteiger partial charge in [-0.1, -0.05) is 29.5 Å². The number of rotatable bonds is 6. The molecule has 202 valence electrons. The van der Waals surface area contributed by atoms with Gasteiger partial charge in [-0.2, -0.15) is 0 Å². The first-order valence-electron chi connectivity index (χ1n) is 12.7. The van der Waals surface area contributed by atoms with Crippen LogP contribution in [0.15, 0.2) is 66.4 Å². The second-order valence-corrected chi connectivity index (χ2v) is 10.4. The first kappa shape index (κ1) is 25.6. The van der Waals surface area contributed by atoms with E-state index in [1.54, 1.807) is 43.5 Å². The Labute approximate surface area is 233 Å². The van der Waals surface area contributed by atoms with Gasteiger partial charge >= 0.3 is 5.91 Å². The number of nitrogens with zero attached hydrogens (tertiary/aromatic N) is 4. The number of imidazole rings is 1. The van der Waals surface area contributed by atoms with Crippen molar-refractivity contribution >= 4 is 49.8 Å². The van der Waals surface area contributed by atoms with Gasteiger partial charge in [-0.3, -0.25) is 14.5 Å². The van der Waals surface area contributed by atoms with Crippen LogP contribution in [0.25, 0.3) is 21.6 Å². The van der Waals surface area contributed by atoms with Crippen LogP contribution >= 0.6 is 11.3 Å². The summed E-state index contributed by atoms with van der Waals surface area (Å²) in [7, 11) is 1.58. The van der Waals surface area contributed by atoms with Crippen LogP contribution in [0.4, 0.5) is 5.13 Å². The summed E-state index contributed by atoms with van der Waals surface area (Å²) in [6.45, 7) is 6.06. The average molecular weight is 555 g/mol. The number of aliphatic hydroxyl groups excluding tert-OH is 1. The van der Waals surface area contributed by atoms with E-state index < -0.39 is 17.7 Å². The Balaban J connectivity index is 1.59. The third-order valence-corrected chi connectivity index (χ3v) is 8.05. The largest absolute Gasteiger partial charge is 0.505 e. The number of fused-ring (bicyclic) bond motifs is 2. The van der Waals surface area contributed by atoms with Crippen molar-refractivity contribution in [1.29, 1.82) is 0 Å². The minimum atomic E-state index is -0.951. The van der Waals surface area contributed by atoms with E-state index in [2.05, 4.69) is 9.97 Å². The van der Waals surface area contributed by atoms with Gasteiger partial charge in [0.05, 0.1) is 41.2 Å². The van der Waals surface area contributed by atoms with Gasteiger partial charge in [0.25, 0.3) is 5.78 Å². The molecule has 0 aliphatic carbocycles. The Morgan fingerprint density at radius 2 is 1.88 bits per heavy atom. The van der Waals surface area contributed by atoms with E-state index in [-0.39, 0.29) is 17.0 Å². The van der Waals surface area contributed by atoms with Gasteiger partial charge < -0.3 is 19.0 Å².